The molecule has 0 amide bonds. The van der Waals surface area contributed by atoms with Crippen molar-refractivity contribution >= 4 is 33.5 Å². The molecule has 0 aromatic heterocycles. The van der Waals surface area contributed by atoms with Crippen LogP contribution in [0.4, 0.5) is 13.2 Å². The Labute approximate surface area is 121 Å². The van der Waals surface area contributed by atoms with Gasteiger partial charge in [-0.1, -0.05) is 10.5 Å². The normalized spacial score (nSPS) is 14.4. The van der Waals surface area contributed by atoms with Crippen molar-refractivity contribution in [3.63, 3.8) is 0 Å². The van der Waals surface area contributed by atoms with Crippen molar-refractivity contribution in [1.82, 2.24) is 0 Å². The van der Waals surface area contributed by atoms with Crippen molar-refractivity contribution in [2.24, 2.45) is 4.40 Å². The highest BCUT2D eigenvalue weighted by molar-refractivity contribution is 9.10. The van der Waals surface area contributed by atoms with Crippen LogP contribution in [0.5, 0.6) is 0 Å². The minimum Gasteiger partial charge on any atom is -0.591 e. The maximum Gasteiger partial charge on any atom is 0.267 e. The van der Waals surface area contributed by atoms with Gasteiger partial charge in [0.25, 0.3) is 6.43 Å². The molecule has 1 aromatic rings. The van der Waals surface area contributed by atoms with Crippen LogP contribution in [0.25, 0.3) is 0 Å². The summed E-state index contributed by atoms with van der Waals surface area (Å²) in [4.78, 5) is 0. The van der Waals surface area contributed by atoms with Crippen LogP contribution in [0.1, 0.15) is 38.3 Å². The summed E-state index contributed by atoms with van der Waals surface area (Å²) in [5, 5.41) is 0. The van der Waals surface area contributed by atoms with Crippen molar-refractivity contribution in [3.05, 3.63) is 33.5 Å². The molecular formula is C12H13BrF3NOS. The molecule has 2 nitrogen and oxygen atoms in total. The second-order valence-corrected chi connectivity index (χ2v) is 7.55. The highest BCUT2D eigenvalue weighted by atomic mass is 79.9. The summed E-state index contributed by atoms with van der Waals surface area (Å²) in [5.74, 6) is -1.03. The fraction of sp³-hybridized carbons (Fsp3) is 0.417. The molecule has 1 rings (SSSR count). The lowest BCUT2D eigenvalue weighted by molar-refractivity contribution is 0.146. The van der Waals surface area contributed by atoms with Crippen LogP contribution < -0.4 is 0 Å². The van der Waals surface area contributed by atoms with Gasteiger partial charge in [-0.05, 0) is 42.8 Å². The van der Waals surface area contributed by atoms with E-state index in [0.29, 0.717) is 0 Å². The molecule has 0 aliphatic heterocycles. The smallest absolute Gasteiger partial charge is 0.267 e. The quantitative estimate of drug-likeness (QED) is 0.584. The molecule has 19 heavy (non-hydrogen) atoms. The molecule has 0 aliphatic rings. The Morgan fingerprint density at radius 1 is 1.37 bits per heavy atom. The molecule has 0 saturated heterocycles. The maximum atomic E-state index is 13.6. The van der Waals surface area contributed by atoms with Crippen LogP contribution in [0.2, 0.25) is 0 Å². The summed E-state index contributed by atoms with van der Waals surface area (Å²) >= 11 is 1.27. The predicted molar refractivity (Wildman–Crippen MR) is 74.5 cm³/mol. The summed E-state index contributed by atoms with van der Waals surface area (Å²) in [5.41, 5.74) is -0.822. The van der Waals surface area contributed by atoms with Crippen LogP contribution >= 0.6 is 15.9 Å². The van der Waals surface area contributed by atoms with Crippen molar-refractivity contribution in [3.8, 4) is 0 Å². The minimum atomic E-state index is -2.97. The van der Waals surface area contributed by atoms with E-state index in [1.165, 1.54) is 12.1 Å². The molecule has 0 fully saturated rings. The van der Waals surface area contributed by atoms with Crippen LogP contribution in [0, 0.1) is 5.82 Å². The largest absolute Gasteiger partial charge is 0.591 e. The average molecular weight is 356 g/mol. The minimum absolute atomic E-state index is 0.0445. The molecule has 0 N–H and O–H groups in total. The summed E-state index contributed by atoms with van der Waals surface area (Å²) in [6.45, 7) is 5.11. The molecule has 1 atom stereocenters. The van der Waals surface area contributed by atoms with Gasteiger partial charge in [0.1, 0.15) is 21.9 Å². The number of hydrogen-bond donors (Lipinski definition) is 0. The molecule has 0 saturated carbocycles. The summed E-state index contributed by atoms with van der Waals surface area (Å²) in [7, 11) is 0. The summed E-state index contributed by atoms with van der Waals surface area (Å²) in [6, 6.07) is 2.61. The second-order valence-electron chi connectivity index (χ2n) is 4.76. The van der Waals surface area contributed by atoms with E-state index < -0.39 is 33.9 Å². The first kappa shape index (κ1) is 16.5. The predicted octanol–water partition coefficient (Wildman–Crippen LogP) is 4.41. The summed E-state index contributed by atoms with van der Waals surface area (Å²) in [6.07, 6.45) is -1.94. The number of halogens is 4. The third kappa shape index (κ3) is 4.22. The van der Waals surface area contributed by atoms with Crippen molar-refractivity contribution in [2.45, 2.75) is 31.9 Å². The summed E-state index contributed by atoms with van der Waals surface area (Å²) < 4.78 is 54.0. The first-order chi connectivity index (χ1) is 8.64. The van der Waals surface area contributed by atoms with E-state index >= 15 is 0 Å². The highest BCUT2D eigenvalue weighted by Gasteiger charge is 2.26. The van der Waals surface area contributed by atoms with Crippen LogP contribution in [0.3, 0.4) is 0 Å². The zero-order valence-corrected chi connectivity index (χ0v) is 13.0. The van der Waals surface area contributed by atoms with Gasteiger partial charge in [0.05, 0.1) is 16.3 Å². The lowest BCUT2D eigenvalue weighted by Gasteiger charge is -2.18. The maximum absolute atomic E-state index is 13.6. The topological polar surface area (TPSA) is 35.4 Å². The van der Waals surface area contributed by atoms with Crippen molar-refractivity contribution in [2.75, 3.05) is 0 Å². The number of rotatable bonds is 3. The van der Waals surface area contributed by atoms with Gasteiger partial charge in [-0.2, -0.15) is 0 Å². The third-order valence-electron chi connectivity index (χ3n) is 2.20. The zero-order valence-electron chi connectivity index (χ0n) is 10.6. The van der Waals surface area contributed by atoms with Crippen LogP contribution in [-0.2, 0) is 11.4 Å². The third-order valence-corrected chi connectivity index (χ3v) is 4.15. The fourth-order valence-electron chi connectivity index (χ4n) is 1.18. The molecular weight excluding hydrogens is 343 g/mol. The Balaban J connectivity index is 3.15. The molecule has 0 heterocycles. The molecule has 0 spiro atoms. The Morgan fingerprint density at radius 3 is 2.42 bits per heavy atom. The van der Waals surface area contributed by atoms with Gasteiger partial charge in [-0.25, -0.2) is 13.2 Å². The van der Waals surface area contributed by atoms with Gasteiger partial charge in [-0.3, -0.25) is 0 Å². The standard InChI is InChI=1S/C12H13BrF3NOS/c1-12(2,3)19(18)17-6-7-4-5-8(13)10(14)9(7)11(15)16/h4-6,11H,1-3H3/b17-6+/t19-/m0/s1. The lowest BCUT2D eigenvalue weighted by atomic mass is 10.1. The molecule has 0 aliphatic carbocycles. The Morgan fingerprint density at radius 2 is 1.95 bits per heavy atom. The van der Waals surface area contributed by atoms with Crippen LogP contribution in [0.15, 0.2) is 21.0 Å². The first-order valence-corrected chi connectivity index (χ1v) is 7.26. The van der Waals surface area contributed by atoms with E-state index in [-0.39, 0.29) is 10.0 Å². The number of benzene rings is 1. The van der Waals surface area contributed by atoms with Gasteiger partial charge in [0.15, 0.2) is 0 Å². The van der Waals surface area contributed by atoms with E-state index in [4.69, 9.17) is 0 Å². The van der Waals surface area contributed by atoms with Gasteiger partial charge in [0.2, 0.25) is 0 Å². The van der Waals surface area contributed by atoms with Gasteiger partial charge < -0.3 is 4.55 Å². The average Bonchev–Trinajstić information content (AvgIpc) is 2.28. The van der Waals surface area contributed by atoms with E-state index in [0.717, 1.165) is 6.21 Å². The Hall–Kier alpha value is -0.530. The molecule has 106 valence electrons. The zero-order chi connectivity index (χ0) is 14.8. The number of alkyl halides is 2. The molecule has 0 radical (unpaired) electrons. The van der Waals surface area contributed by atoms with Crippen molar-refractivity contribution < 1.29 is 17.7 Å². The van der Waals surface area contributed by atoms with Crippen LogP contribution in [-0.4, -0.2) is 15.5 Å². The van der Waals surface area contributed by atoms with Gasteiger partial charge >= 0.3 is 0 Å². The van der Waals surface area contributed by atoms with Crippen molar-refractivity contribution in [1.29, 1.82) is 0 Å². The lowest BCUT2D eigenvalue weighted by Crippen LogP contribution is -2.25. The monoisotopic (exact) mass is 355 g/mol. The molecule has 0 unspecified atom stereocenters. The van der Waals surface area contributed by atoms with E-state index in [2.05, 4.69) is 20.3 Å². The highest BCUT2D eigenvalue weighted by Crippen LogP contribution is 2.30. The fourth-order valence-corrected chi connectivity index (χ4v) is 2.05. The number of hydrogen-bond acceptors (Lipinski definition) is 2. The van der Waals surface area contributed by atoms with E-state index in [1.54, 1.807) is 20.8 Å². The number of nitrogens with zero attached hydrogens (tertiary/aromatic N) is 1. The van der Waals surface area contributed by atoms with E-state index in [1.807, 2.05) is 0 Å². The SMILES string of the molecule is CC(C)(C)[S@+]([O-])/N=C/c1ccc(Br)c(F)c1C(F)F. The van der Waals surface area contributed by atoms with Gasteiger partial charge in [0, 0.05) is 5.56 Å². The molecule has 1 aromatic carbocycles. The second kappa shape index (κ2) is 6.28. The van der Waals surface area contributed by atoms with E-state index in [9.17, 15) is 17.7 Å². The Kier molecular flexibility index (Phi) is 5.46. The molecule has 7 heteroatoms. The first-order valence-electron chi connectivity index (χ1n) is 5.36. The molecule has 0 bridgehead atoms. The van der Waals surface area contributed by atoms with Gasteiger partial charge in [-0.15, -0.1) is 0 Å². The Bertz CT molecular complexity index is 489.